The van der Waals surface area contributed by atoms with Crippen LogP contribution in [-0.4, -0.2) is 4.98 Å². The second-order valence-electron chi connectivity index (χ2n) is 4.26. The van der Waals surface area contributed by atoms with Gasteiger partial charge in [0.2, 0.25) is 0 Å². The summed E-state index contributed by atoms with van der Waals surface area (Å²) in [6.07, 6.45) is 1.08. The summed E-state index contributed by atoms with van der Waals surface area (Å²) >= 11 is 5.24. The van der Waals surface area contributed by atoms with Gasteiger partial charge < -0.3 is 5.32 Å². The molecule has 96 valence electrons. The monoisotopic (exact) mass is 324 g/mol. The van der Waals surface area contributed by atoms with E-state index in [0.717, 1.165) is 23.1 Å². The van der Waals surface area contributed by atoms with Crippen LogP contribution in [0.5, 0.6) is 0 Å². The molecule has 2 nitrogen and oxygen atoms in total. The Morgan fingerprint density at radius 1 is 1.44 bits per heavy atom. The van der Waals surface area contributed by atoms with Gasteiger partial charge in [0.1, 0.15) is 0 Å². The van der Waals surface area contributed by atoms with Gasteiger partial charge in [-0.2, -0.15) is 0 Å². The summed E-state index contributed by atoms with van der Waals surface area (Å²) in [5.74, 6) is 0. The van der Waals surface area contributed by atoms with E-state index in [4.69, 9.17) is 0 Å². The lowest BCUT2D eigenvalue weighted by Crippen LogP contribution is -2.20. The predicted molar refractivity (Wildman–Crippen MR) is 80.9 cm³/mol. The van der Waals surface area contributed by atoms with Crippen molar-refractivity contribution in [2.45, 2.75) is 32.9 Å². The number of hydrogen-bond acceptors (Lipinski definition) is 3. The third kappa shape index (κ3) is 3.40. The first-order chi connectivity index (χ1) is 8.70. The van der Waals surface area contributed by atoms with Crippen molar-refractivity contribution in [1.82, 2.24) is 10.3 Å². The molecule has 2 aromatic rings. The summed E-state index contributed by atoms with van der Waals surface area (Å²) < 4.78 is 1.13. The van der Waals surface area contributed by atoms with E-state index < -0.39 is 0 Å². The molecule has 0 fully saturated rings. The lowest BCUT2D eigenvalue weighted by molar-refractivity contribution is 0.520. The zero-order valence-electron chi connectivity index (χ0n) is 10.6. The second kappa shape index (κ2) is 6.45. The van der Waals surface area contributed by atoms with Crippen LogP contribution < -0.4 is 5.32 Å². The van der Waals surface area contributed by atoms with Crippen LogP contribution in [0.4, 0.5) is 0 Å². The standard InChI is InChI=1S/C14H17BrN2S/c1-3-13(11-5-4-6-12(15)7-11)16-8-14-10(2)17-9-18-14/h4-7,9,13,16H,3,8H2,1-2H3. The highest BCUT2D eigenvalue weighted by molar-refractivity contribution is 9.10. The van der Waals surface area contributed by atoms with Gasteiger partial charge in [-0.3, -0.25) is 0 Å². The highest BCUT2D eigenvalue weighted by Gasteiger charge is 2.10. The molecule has 1 aromatic carbocycles. The van der Waals surface area contributed by atoms with Crippen LogP contribution in [0, 0.1) is 6.92 Å². The third-order valence-corrected chi connectivity index (χ3v) is 4.44. The van der Waals surface area contributed by atoms with Crippen LogP contribution >= 0.6 is 27.3 Å². The SMILES string of the molecule is CCC(NCc1scnc1C)c1cccc(Br)c1. The predicted octanol–water partition coefficient (Wildman–Crippen LogP) is 4.45. The van der Waals surface area contributed by atoms with Crippen molar-refractivity contribution in [2.75, 3.05) is 0 Å². The van der Waals surface area contributed by atoms with Crippen molar-refractivity contribution < 1.29 is 0 Å². The van der Waals surface area contributed by atoms with Gasteiger partial charge in [0.15, 0.2) is 0 Å². The van der Waals surface area contributed by atoms with Gasteiger partial charge in [-0.25, -0.2) is 4.98 Å². The minimum Gasteiger partial charge on any atom is -0.305 e. The smallest absolute Gasteiger partial charge is 0.0798 e. The summed E-state index contributed by atoms with van der Waals surface area (Å²) in [5.41, 5.74) is 4.37. The van der Waals surface area contributed by atoms with E-state index in [1.54, 1.807) is 11.3 Å². The average Bonchev–Trinajstić information content (AvgIpc) is 2.76. The molecule has 2 rings (SSSR count). The molecule has 1 heterocycles. The lowest BCUT2D eigenvalue weighted by Gasteiger charge is -2.17. The number of nitrogens with one attached hydrogen (secondary N) is 1. The Morgan fingerprint density at radius 2 is 2.28 bits per heavy atom. The normalized spacial score (nSPS) is 12.6. The fraction of sp³-hybridized carbons (Fsp3) is 0.357. The van der Waals surface area contributed by atoms with Crippen LogP contribution in [-0.2, 0) is 6.54 Å². The van der Waals surface area contributed by atoms with E-state index in [1.807, 2.05) is 5.51 Å². The Labute approximate surface area is 121 Å². The van der Waals surface area contributed by atoms with Gasteiger partial charge >= 0.3 is 0 Å². The van der Waals surface area contributed by atoms with Crippen molar-refractivity contribution in [3.05, 3.63) is 50.4 Å². The summed E-state index contributed by atoms with van der Waals surface area (Å²) in [6, 6.07) is 8.89. The molecule has 1 atom stereocenters. The van der Waals surface area contributed by atoms with E-state index in [0.29, 0.717) is 6.04 Å². The first-order valence-corrected chi connectivity index (χ1v) is 7.75. The van der Waals surface area contributed by atoms with Crippen molar-refractivity contribution >= 4 is 27.3 Å². The molecular weight excluding hydrogens is 308 g/mol. The number of nitrogens with zero attached hydrogens (tertiary/aromatic N) is 1. The van der Waals surface area contributed by atoms with Crippen molar-refractivity contribution in [2.24, 2.45) is 0 Å². The molecule has 0 saturated carbocycles. The molecule has 18 heavy (non-hydrogen) atoms. The largest absolute Gasteiger partial charge is 0.305 e. The molecule has 1 aromatic heterocycles. The molecule has 1 unspecified atom stereocenters. The molecule has 0 aliphatic heterocycles. The zero-order valence-corrected chi connectivity index (χ0v) is 13.0. The average molecular weight is 325 g/mol. The molecule has 0 aliphatic rings. The van der Waals surface area contributed by atoms with Gasteiger partial charge in [-0.15, -0.1) is 11.3 Å². The molecule has 0 bridgehead atoms. The molecule has 0 amide bonds. The highest BCUT2D eigenvalue weighted by Crippen LogP contribution is 2.22. The fourth-order valence-electron chi connectivity index (χ4n) is 1.93. The van der Waals surface area contributed by atoms with Gasteiger partial charge in [-0.05, 0) is 31.0 Å². The maximum Gasteiger partial charge on any atom is 0.0798 e. The Morgan fingerprint density at radius 3 is 2.89 bits per heavy atom. The number of rotatable bonds is 5. The molecule has 4 heteroatoms. The van der Waals surface area contributed by atoms with E-state index in [9.17, 15) is 0 Å². The molecule has 0 aliphatic carbocycles. The fourth-order valence-corrected chi connectivity index (χ4v) is 3.08. The van der Waals surface area contributed by atoms with Gasteiger partial charge in [0.25, 0.3) is 0 Å². The number of aryl methyl sites for hydroxylation is 1. The Bertz CT molecular complexity index is 510. The van der Waals surface area contributed by atoms with E-state index >= 15 is 0 Å². The first kappa shape index (κ1) is 13.7. The van der Waals surface area contributed by atoms with E-state index in [-0.39, 0.29) is 0 Å². The van der Waals surface area contributed by atoms with Crippen LogP contribution in [0.1, 0.15) is 35.5 Å². The third-order valence-electron chi connectivity index (χ3n) is 3.01. The maximum atomic E-state index is 4.28. The number of thiazole rings is 1. The van der Waals surface area contributed by atoms with Gasteiger partial charge in [0, 0.05) is 21.9 Å². The quantitative estimate of drug-likeness (QED) is 0.878. The zero-order chi connectivity index (χ0) is 13.0. The van der Waals surface area contributed by atoms with Crippen LogP contribution in [0.15, 0.2) is 34.2 Å². The van der Waals surface area contributed by atoms with Crippen molar-refractivity contribution in [3.63, 3.8) is 0 Å². The highest BCUT2D eigenvalue weighted by atomic mass is 79.9. The van der Waals surface area contributed by atoms with Crippen LogP contribution in [0.3, 0.4) is 0 Å². The Kier molecular flexibility index (Phi) is 4.92. The number of aromatic nitrogens is 1. The Balaban J connectivity index is 2.04. The minimum atomic E-state index is 0.393. The minimum absolute atomic E-state index is 0.393. The van der Waals surface area contributed by atoms with E-state index in [1.165, 1.54) is 10.4 Å². The van der Waals surface area contributed by atoms with E-state index in [2.05, 4.69) is 64.3 Å². The van der Waals surface area contributed by atoms with Crippen molar-refractivity contribution in [3.8, 4) is 0 Å². The van der Waals surface area contributed by atoms with Gasteiger partial charge in [-0.1, -0.05) is 35.0 Å². The summed E-state index contributed by atoms with van der Waals surface area (Å²) in [7, 11) is 0. The molecule has 0 saturated heterocycles. The summed E-state index contributed by atoms with van der Waals surface area (Å²) in [5, 5.41) is 3.61. The topological polar surface area (TPSA) is 24.9 Å². The molecule has 0 spiro atoms. The molecule has 1 N–H and O–H groups in total. The second-order valence-corrected chi connectivity index (χ2v) is 6.11. The summed E-state index contributed by atoms with van der Waals surface area (Å²) in [4.78, 5) is 5.60. The molecule has 0 radical (unpaired) electrons. The van der Waals surface area contributed by atoms with Crippen LogP contribution in [0.2, 0.25) is 0 Å². The number of hydrogen-bond donors (Lipinski definition) is 1. The summed E-state index contributed by atoms with van der Waals surface area (Å²) in [6.45, 7) is 5.16. The first-order valence-electron chi connectivity index (χ1n) is 6.08. The molecular formula is C14H17BrN2S. The van der Waals surface area contributed by atoms with Gasteiger partial charge in [0.05, 0.1) is 11.2 Å². The van der Waals surface area contributed by atoms with Crippen molar-refractivity contribution in [1.29, 1.82) is 0 Å². The number of halogens is 1. The lowest BCUT2D eigenvalue weighted by atomic mass is 10.0. The maximum absolute atomic E-state index is 4.28. The number of benzene rings is 1. The van der Waals surface area contributed by atoms with Crippen LogP contribution in [0.25, 0.3) is 0 Å². The Hall–Kier alpha value is -0.710.